The summed E-state index contributed by atoms with van der Waals surface area (Å²) in [5.74, 6) is 1.33. The number of aryl methyl sites for hydroxylation is 2. The van der Waals surface area contributed by atoms with Crippen molar-refractivity contribution >= 4 is 35.2 Å². The summed E-state index contributed by atoms with van der Waals surface area (Å²) in [7, 11) is 0. The van der Waals surface area contributed by atoms with Gasteiger partial charge >= 0.3 is 0 Å². The van der Waals surface area contributed by atoms with Crippen molar-refractivity contribution in [3.8, 4) is 0 Å². The Bertz CT molecular complexity index is 645. The Morgan fingerprint density at radius 2 is 1.95 bits per heavy atom. The lowest BCUT2D eigenvalue weighted by atomic mass is 10.2. The van der Waals surface area contributed by atoms with Gasteiger partial charge in [0.25, 0.3) is 0 Å². The zero-order chi connectivity index (χ0) is 15.9. The van der Waals surface area contributed by atoms with Crippen molar-refractivity contribution in [2.75, 3.05) is 11.2 Å². The van der Waals surface area contributed by atoms with Crippen molar-refractivity contribution in [1.82, 2.24) is 15.4 Å². The smallest absolute Gasteiger partial charge is 0.248 e. The van der Waals surface area contributed by atoms with Gasteiger partial charge in [0.05, 0.1) is 5.75 Å². The van der Waals surface area contributed by atoms with Gasteiger partial charge in [0.15, 0.2) is 0 Å². The van der Waals surface area contributed by atoms with Gasteiger partial charge in [-0.3, -0.25) is 15.6 Å². The Balaban J connectivity index is 1.74. The van der Waals surface area contributed by atoms with Crippen LogP contribution in [0.2, 0.25) is 5.02 Å². The normalized spacial score (nSPS) is 10.3. The molecule has 1 aromatic carbocycles. The van der Waals surface area contributed by atoms with Crippen molar-refractivity contribution in [3.63, 3.8) is 0 Å². The van der Waals surface area contributed by atoms with E-state index in [2.05, 4.69) is 20.8 Å². The molecule has 0 bridgehead atoms. The van der Waals surface area contributed by atoms with Gasteiger partial charge in [0, 0.05) is 22.2 Å². The Kier molecular flexibility index (Phi) is 6.03. The average Bonchev–Trinajstić information content (AvgIpc) is 2.44. The molecule has 0 unspecified atom stereocenters. The van der Waals surface area contributed by atoms with E-state index in [0.717, 1.165) is 22.7 Å². The fraction of sp³-hybridized carbons (Fsp3) is 0.267. The number of rotatable bonds is 6. The number of carbonyl (C=O) groups is 1. The number of hydrogen-bond acceptors (Lipinski definition) is 5. The zero-order valence-corrected chi connectivity index (χ0v) is 14.0. The van der Waals surface area contributed by atoms with E-state index in [9.17, 15) is 4.79 Å². The van der Waals surface area contributed by atoms with Gasteiger partial charge in [-0.05, 0) is 37.6 Å². The number of anilines is 1. The van der Waals surface area contributed by atoms with E-state index in [1.165, 1.54) is 11.8 Å². The molecular weight excluding hydrogens is 320 g/mol. The molecule has 22 heavy (non-hydrogen) atoms. The molecule has 1 aromatic heterocycles. The van der Waals surface area contributed by atoms with Crippen LogP contribution in [0.25, 0.3) is 0 Å². The van der Waals surface area contributed by atoms with Crippen molar-refractivity contribution in [3.05, 3.63) is 52.3 Å². The molecule has 0 fully saturated rings. The molecule has 0 aliphatic rings. The summed E-state index contributed by atoms with van der Waals surface area (Å²) in [6.45, 7) is 3.76. The number of thioether (sulfide) groups is 1. The summed E-state index contributed by atoms with van der Waals surface area (Å²) in [6, 6.07) is 9.48. The van der Waals surface area contributed by atoms with Crippen LogP contribution in [-0.4, -0.2) is 21.6 Å². The Hall–Kier alpha value is -1.79. The molecule has 0 aliphatic carbocycles. The summed E-state index contributed by atoms with van der Waals surface area (Å²) in [5.41, 5.74) is 8.10. The van der Waals surface area contributed by atoms with E-state index >= 15 is 0 Å². The Labute approximate surface area is 138 Å². The maximum atomic E-state index is 11.8. The molecule has 2 rings (SSSR count). The first kappa shape index (κ1) is 16.6. The SMILES string of the molecule is Cc1cc(C)nc(NNC(=O)CSCc2cccc(Cl)c2)n1. The molecule has 0 atom stereocenters. The molecule has 7 heteroatoms. The highest BCUT2D eigenvalue weighted by molar-refractivity contribution is 7.99. The zero-order valence-electron chi connectivity index (χ0n) is 12.4. The number of hydrogen-bond donors (Lipinski definition) is 2. The second-order valence-electron chi connectivity index (χ2n) is 4.77. The third kappa shape index (κ3) is 5.54. The summed E-state index contributed by atoms with van der Waals surface area (Å²) in [5, 5.41) is 0.705. The van der Waals surface area contributed by atoms with Gasteiger partial charge in [-0.1, -0.05) is 23.7 Å². The number of nitrogens with zero attached hydrogens (tertiary/aromatic N) is 2. The second kappa shape index (κ2) is 8.00. The number of aromatic nitrogens is 2. The first-order chi connectivity index (χ1) is 10.5. The van der Waals surface area contributed by atoms with Crippen LogP contribution in [0.3, 0.4) is 0 Å². The highest BCUT2D eigenvalue weighted by Crippen LogP contribution is 2.16. The Morgan fingerprint density at radius 1 is 1.23 bits per heavy atom. The largest absolute Gasteiger partial charge is 0.272 e. The molecule has 0 saturated heterocycles. The molecule has 0 spiro atoms. The van der Waals surface area contributed by atoms with Gasteiger partial charge < -0.3 is 0 Å². The van der Waals surface area contributed by atoms with Crippen LogP contribution in [0, 0.1) is 13.8 Å². The van der Waals surface area contributed by atoms with Crippen LogP contribution in [0.5, 0.6) is 0 Å². The number of carbonyl (C=O) groups excluding carboxylic acids is 1. The molecule has 5 nitrogen and oxygen atoms in total. The van der Waals surface area contributed by atoms with Crippen LogP contribution in [0.15, 0.2) is 30.3 Å². The fourth-order valence-electron chi connectivity index (χ4n) is 1.83. The summed E-state index contributed by atoms with van der Waals surface area (Å²) in [4.78, 5) is 20.1. The first-order valence-corrected chi connectivity index (χ1v) is 8.25. The molecule has 1 amide bonds. The number of benzene rings is 1. The third-order valence-corrected chi connectivity index (χ3v) is 3.93. The molecule has 0 saturated carbocycles. The number of hydrazine groups is 1. The number of nitrogens with one attached hydrogen (secondary N) is 2. The summed E-state index contributed by atoms with van der Waals surface area (Å²) in [6.07, 6.45) is 0. The standard InChI is InChI=1S/C15H17ClN4OS/c1-10-6-11(2)18-15(17-10)20-19-14(21)9-22-8-12-4-3-5-13(16)7-12/h3-7H,8-9H2,1-2H3,(H,19,21)(H,17,18,20). The minimum absolute atomic E-state index is 0.130. The van der Waals surface area contributed by atoms with Crippen LogP contribution in [0.4, 0.5) is 5.95 Å². The van der Waals surface area contributed by atoms with Gasteiger partial charge in [0.1, 0.15) is 0 Å². The number of halogens is 1. The maximum absolute atomic E-state index is 11.8. The molecule has 0 aliphatic heterocycles. The van der Waals surface area contributed by atoms with E-state index < -0.39 is 0 Å². The fourth-order valence-corrected chi connectivity index (χ4v) is 2.82. The first-order valence-electron chi connectivity index (χ1n) is 6.72. The predicted molar refractivity (Wildman–Crippen MR) is 90.9 cm³/mol. The topological polar surface area (TPSA) is 66.9 Å². The monoisotopic (exact) mass is 336 g/mol. The highest BCUT2D eigenvalue weighted by atomic mass is 35.5. The van der Waals surface area contributed by atoms with Crippen molar-refractivity contribution in [2.24, 2.45) is 0 Å². The molecule has 1 heterocycles. The van der Waals surface area contributed by atoms with Gasteiger partial charge in [-0.25, -0.2) is 9.97 Å². The van der Waals surface area contributed by atoms with E-state index in [0.29, 0.717) is 16.7 Å². The minimum Gasteiger partial charge on any atom is -0.272 e. The van der Waals surface area contributed by atoms with Crippen LogP contribution < -0.4 is 10.9 Å². The summed E-state index contributed by atoms with van der Waals surface area (Å²) >= 11 is 7.43. The molecule has 2 aromatic rings. The maximum Gasteiger partial charge on any atom is 0.248 e. The predicted octanol–water partition coefficient (Wildman–Crippen LogP) is 3.12. The molecule has 116 valence electrons. The van der Waals surface area contributed by atoms with Crippen molar-refractivity contribution < 1.29 is 4.79 Å². The van der Waals surface area contributed by atoms with E-state index in [1.807, 2.05) is 44.2 Å². The van der Waals surface area contributed by atoms with Gasteiger partial charge in [-0.2, -0.15) is 0 Å². The molecule has 0 radical (unpaired) electrons. The second-order valence-corrected chi connectivity index (χ2v) is 6.19. The average molecular weight is 337 g/mol. The lowest BCUT2D eigenvalue weighted by molar-refractivity contribution is -0.118. The van der Waals surface area contributed by atoms with Gasteiger partial charge in [-0.15, -0.1) is 11.8 Å². The van der Waals surface area contributed by atoms with Gasteiger partial charge in [0.2, 0.25) is 11.9 Å². The summed E-state index contributed by atoms with van der Waals surface area (Å²) < 4.78 is 0. The highest BCUT2D eigenvalue weighted by Gasteiger charge is 2.04. The Morgan fingerprint density at radius 3 is 2.64 bits per heavy atom. The lowest BCUT2D eigenvalue weighted by Gasteiger charge is -2.08. The van der Waals surface area contributed by atoms with E-state index in [1.54, 1.807) is 0 Å². The van der Waals surface area contributed by atoms with Crippen LogP contribution in [0.1, 0.15) is 17.0 Å². The third-order valence-electron chi connectivity index (χ3n) is 2.69. The minimum atomic E-state index is -0.130. The quantitative estimate of drug-likeness (QED) is 0.793. The van der Waals surface area contributed by atoms with Crippen LogP contribution >= 0.6 is 23.4 Å². The van der Waals surface area contributed by atoms with Crippen molar-refractivity contribution in [2.45, 2.75) is 19.6 Å². The number of amides is 1. The molecule has 2 N–H and O–H groups in total. The van der Waals surface area contributed by atoms with E-state index in [4.69, 9.17) is 11.6 Å². The van der Waals surface area contributed by atoms with E-state index in [-0.39, 0.29) is 5.91 Å². The molecular formula is C15H17ClN4OS. The van der Waals surface area contributed by atoms with Crippen molar-refractivity contribution in [1.29, 1.82) is 0 Å². The van der Waals surface area contributed by atoms with Crippen LogP contribution in [-0.2, 0) is 10.5 Å². The lowest BCUT2D eigenvalue weighted by Crippen LogP contribution is -2.32.